The molecule has 0 spiro atoms. The predicted molar refractivity (Wildman–Crippen MR) is 130 cm³/mol. The lowest BCUT2D eigenvalue weighted by Gasteiger charge is -2.26. The van der Waals surface area contributed by atoms with E-state index >= 15 is 0 Å². The van der Waals surface area contributed by atoms with E-state index < -0.39 is 15.9 Å². The summed E-state index contributed by atoms with van der Waals surface area (Å²) in [6.07, 6.45) is 2.62. The highest BCUT2D eigenvalue weighted by molar-refractivity contribution is 7.89. The maximum absolute atomic E-state index is 13.3. The summed E-state index contributed by atoms with van der Waals surface area (Å²) in [5.41, 5.74) is 1.24. The predicted octanol–water partition coefficient (Wildman–Crippen LogP) is 4.35. The van der Waals surface area contributed by atoms with Gasteiger partial charge in [-0.1, -0.05) is 55.0 Å². The molecule has 8 heteroatoms. The van der Waals surface area contributed by atoms with Crippen LogP contribution in [0, 0.1) is 0 Å². The minimum atomic E-state index is -3.78. The summed E-state index contributed by atoms with van der Waals surface area (Å²) in [6.45, 7) is 0.911. The van der Waals surface area contributed by atoms with Crippen LogP contribution < -0.4 is 10.1 Å². The molecule has 1 fully saturated rings. The normalized spacial score (nSPS) is 14.4. The first kappa shape index (κ1) is 23.7. The van der Waals surface area contributed by atoms with E-state index in [0.29, 0.717) is 24.3 Å². The zero-order valence-corrected chi connectivity index (χ0v) is 19.7. The highest BCUT2D eigenvalue weighted by atomic mass is 32.2. The highest BCUT2D eigenvalue weighted by Gasteiger charge is 2.29. The second-order valence-electron chi connectivity index (χ2n) is 8.03. The lowest BCUT2D eigenvalue weighted by Crippen LogP contribution is -2.35. The summed E-state index contributed by atoms with van der Waals surface area (Å²) in [6, 6.07) is 19.8. The van der Waals surface area contributed by atoms with Gasteiger partial charge in [0.2, 0.25) is 10.0 Å². The Balaban J connectivity index is 1.64. The van der Waals surface area contributed by atoms with Crippen molar-refractivity contribution >= 4 is 27.4 Å². The molecule has 3 aromatic rings. The van der Waals surface area contributed by atoms with E-state index in [-0.39, 0.29) is 27.6 Å². The number of nitrogens with one attached hydrogen (secondary N) is 1. The van der Waals surface area contributed by atoms with Crippen LogP contribution in [0.15, 0.2) is 77.7 Å². The Labute approximate surface area is 199 Å². The van der Waals surface area contributed by atoms with Gasteiger partial charge in [0.05, 0.1) is 12.7 Å². The van der Waals surface area contributed by atoms with Crippen molar-refractivity contribution in [3.63, 3.8) is 0 Å². The Bertz CT molecular complexity index is 1300. The van der Waals surface area contributed by atoms with Crippen LogP contribution in [0.2, 0.25) is 0 Å². The fourth-order valence-corrected chi connectivity index (χ4v) is 5.72. The van der Waals surface area contributed by atoms with Crippen molar-refractivity contribution in [2.24, 2.45) is 0 Å². The second kappa shape index (κ2) is 10.2. The van der Waals surface area contributed by atoms with Gasteiger partial charge in [-0.15, -0.1) is 0 Å². The van der Waals surface area contributed by atoms with Crippen molar-refractivity contribution < 1.29 is 22.7 Å². The van der Waals surface area contributed by atoms with Crippen LogP contribution in [0.3, 0.4) is 0 Å². The molecule has 4 rings (SSSR count). The lowest BCUT2D eigenvalue weighted by atomic mass is 9.98. The lowest BCUT2D eigenvalue weighted by molar-refractivity contribution is 0.0996. The van der Waals surface area contributed by atoms with E-state index in [0.717, 1.165) is 19.3 Å². The molecule has 1 aliphatic rings. The number of ketones is 1. The van der Waals surface area contributed by atoms with Crippen molar-refractivity contribution in [3.05, 3.63) is 89.5 Å². The number of hydrogen-bond acceptors (Lipinski definition) is 5. The number of hydrogen-bond donors (Lipinski definition) is 1. The van der Waals surface area contributed by atoms with Gasteiger partial charge in [0.15, 0.2) is 5.78 Å². The van der Waals surface area contributed by atoms with Gasteiger partial charge < -0.3 is 10.1 Å². The number of ether oxygens (including phenoxy) is 1. The van der Waals surface area contributed by atoms with Gasteiger partial charge in [0, 0.05) is 29.9 Å². The van der Waals surface area contributed by atoms with Crippen LogP contribution in [-0.4, -0.2) is 44.6 Å². The molecule has 1 aliphatic heterocycles. The third-order valence-corrected chi connectivity index (χ3v) is 7.73. The molecule has 1 N–H and O–H groups in total. The van der Waals surface area contributed by atoms with Crippen molar-refractivity contribution in [2.75, 3.05) is 25.5 Å². The van der Waals surface area contributed by atoms with Crippen LogP contribution in [-0.2, 0) is 10.0 Å². The number of sulfonamides is 1. The zero-order valence-electron chi connectivity index (χ0n) is 18.9. The minimum absolute atomic E-state index is 0.00310. The topological polar surface area (TPSA) is 92.8 Å². The quantitative estimate of drug-likeness (QED) is 0.510. The molecule has 1 amide bonds. The van der Waals surface area contributed by atoms with Gasteiger partial charge >= 0.3 is 0 Å². The first-order valence-corrected chi connectivity index (χ1v) is 12.5. The van der Waals surface area contributed by atoms with Crippen molar-refractivity contribution in [1.29, 1.82) is 0 Å². The molecular formula is C26H26N2O5S. The van der Waals surface area contributed by atoms with Gasteiger partial charge in [-0.05, 0) is 37.1 Å². The summed E-state index contributed by atoms with van der Waals surface area (Å²) < 4.78 is 33.3. The Morgan fingerprint density at radius 1 is 0.853 bits per heavy atom. The average molecular weight is 479 g/mol. The van der Waals surface area contributed by atoms with Gasteiger partial charge in [0.1, 0.15) is 10.6 Å². The van der Waals surface area contributed by atoms with Crippen molar-refractivity contribution in [2.45, 2.75) is 24.2 Å². The number of carbonyl (C=O) groups excluding carboxylic acids is 2. The maximum Gasteiger partial charge on any atom is 0.256 e. The second-order valence-corrected chi connectivity index (χ2v) is 9.93. The van der Waals surface area contributed by atoms with Crippen molar-refractivity contribution in [1.82, 2.24) is 4.31 Å². The van der Waals surface area contributed by atoms with Crippen LogP contribution in [0.5, 0.6) is 5.75 Å². The first-order chi connectivity index (χ1) is 16.4. The van der Waals surface area contributed by atoms with Gasteiger partial charge in [-0.25, -0.2) is 8.42 Å². The number of methoxy groups -OCH3 is 1. The van der Waals surface area contributed by atoms with E-state index in [4.69, 9.17) is 4.74 Å². The largest absolute Gasteiger partial charge is 0.495 e. The molecule has 176 valence electrons. The third-order valence-electron chi connectivity index (χ3n) is 5.81. The summed E-state index contributed by atoms with van der Waals surface area (Å²) in [5, 5.41) is 2.74. The Morgan fingerprint density at radius 3 is 2.18 bits per heavy atom. The highest BCUT2D eigenvalue weighted by Crippen LogP contribution is 2.31. The number of rotatable bonds is 7. The Kier molecular flexibility index (Phi) is 7.09. The molecule has 3 aromatic carbocycles. The summed E-state index contributed by atoms with van der Waals surface area (Å²) >= 11 is 0. The van der Waals surface area contributed by atoms with E-state index in [1.165, 1.54) is 23.5 Å². The van der Waals surface area contributed by atoms with Crippen molar-refractivity contribution in [3.8, 4) is 5.75 Å². The molecule has 0 saturated carbocycles. The summed E-state index contributed by atoms with van der Waals surface area (Å²) in [4.78, 5) is 26.1. The molecule has 0 radical (unpaired) electrons. The average Bonchev–Trinajstić information content (AvgIpc) is 2.89. The van der Waals surface area contributed by atoms with E-state index in [1.807, 2.05) is 6.07 Å². The monoisotopic (exact) mass is 478 g/mol. The molecule has 7 nitrogen and oxygen atoms in total. The molecular weight excluding hydrogens is 452 g/mol. The SMILES string of the molecule is COc1ccc(NC(=O)c2ccccc2C(=O)c2ccccc2)cc1S(=O)(=O)N1CCCCC1. The fourth-order valence-electron chi connectivity index (χ4n) is 4.02. The fraction of sp³-hybridized carbons (Fsp3) is 0.231. The molecule has 0 atom stereocenters. The van der Waals surface area contributed by atoms with Crippen LogP contribution in [0.25, 0.3) is 0 Å². The molecule has 34 heavy (non-hydrogen) atoms. The number of piperidine rings is 1. The molecule has 0 unspecified atom stereocenters. The van der Waals surface area contributed by atoms with Crippen LogP contribution >= 0.6 is 0 Å². The van der Waals surface area contributed by atoms with E-state index in [1.54, 1.807) is 54.6 Å². The number of anilines is 1. The third kappa shape index (κ3) is 4.88. The molecule has 1 saturated heterocycles. The molecule has 0 bridgehead atoms. The molecule has 0 aromatic heterocycles. The Morgan fingerprint density at radius 2 is 1.50 bits per heavy atom. The van der Waals surface area contributed by atoms with Gasteiger partial charge in [-0.2, -0.15) is 4.31 Å². The number of carbonyl (C=O) groups is 2. The summed E-state index contributed by atoms with van der Waals surface area (Å²) in [5.74, 6) is -0.566. The summed E-state index contributed by atoms with van der Waals surface area (Å²) in [7, 11) is -2.37. The Hall–Kier alpha value is -3.49. The van der Waals surface area contributed by atoms with E-state index in [9.17, 15) is 18.0 Å². The standard InChI is InChI=1S/C26H26N2O5S/c1-33-23-15-14-20(18-24(23)34(31,32)28-16-8-3-9-17-28)27-26(30)22-13-7-6-12-21(22)25(29)19-10-4-2-5-11-19/h2,4-7,10-15,18H,3,8-9,16-17H2,1H3,(H,27,30). The first-order valence-electron chi connectivity index (χ1n) is 11.1. The number of amides is 1. The maximum atomic E-state index is 13.3. The van der Waals surface area contributed by atoms with Gasteiger partial charge in [-0.3, -0.25) is 9.59 Å². The molecule has 0 aliphatic carbocycles. The van der Waals surface area contributed by atoms with Crippen LogP contribution in [0.1, 0.15) is 45.5 Å². The smallest absolute Gasteiger partial charge is 0.256 e. The van der Waals surface area contributed by atoms with E-state index in [2.05, 4.69) is 5.32 Å². The van der Waals surface area contributed by atoms with Gasteiger partial charge in [0.25, 0.3) is 5.91 Å². The number of benzene rings is 3. The van der Waals surface area contributed by atoms with Crippen LogP contribution in [0.4, 0.5) is 5.69 Å². The minimum Gasteiger partial charge on any atom is -0.495 e. The zero-order chi connectivity index (χ0) is 24.1. The number of nitrogens with zero attached hydrogens (tertiary/aromatic N) is 1. The molecule has 1 heterocycles.